The molecule has 0 bridgehead atoms. The van der Waals surface area contributed by atoms with Crippen molar-refractivity contribution in [2.24, 2.45) is 5.92 Å². The van der Waals surface area contributed by atoms with Gasteiger partial charge in [0.1, 0.15) is 0 Å². The number of nitrogens with zero attached hydrogens (tertiary/aromatic N) is 1. The van der Waals surface area contributed by atoms with Crippen LogP contribution in [-0.4, -0.2) is 60.3 Å². The molecule has 8 nitrogen and oxygen atoms in total. The van der Waals surface area contributed by atoms with E-state index < -0.39 is 11.9 Å². The number of hydrogen-bond acceptors (Lipinski definition) is 5. The van der Waals surface area contributed by atoms with E-state index in [-0.39, 0.29) is 24.7 Å². The second kappa shape index (κ2) is 8.39. The summed E-state index contributed by atoms with van der Waals surface area (Å²) in [4.78, 5) is 37.1. The molecule has 8 heteroatoms. The molecule has 146 valence electrons. The summed E-state index contributed by atoms with van der Waals surface area (Å²) in [5.74, 6) is -0.710. The Kier molecular flexibility index (Phi) is 5.95. The predicted molar refractivity (Wildman–Crippen MR) is 98.7 cm³/mol. The number of rotatable bonds is 8. The zero-order valence-corrected chi connectivity index (χ0v) is 15.3. The fourth-order valence-electron chi connectivity index (χ4n) is 3.38. The highest BCUT2D eigenvalue weighted by atomic mass is 16.5. The normalized spacial score (nSPS) is 21.3. The van der Waals surface area contributed by atoms with Gasteiger partial charge in [0.15, 0.2) is 0 Å². The van der Waals surface area contributed by atoms with E-state index in [2.05, 4.69) is 10.6 Å². The third-order valence-corrected chi connectivity index (χ3v) is 5.07. The maximum Gasteiger partial charge on any atom is 0.339 e. The van der Waals surface area contributed by atoms with E-state index >= 15 is 0 Å². The van der Waals surface area contributed by atoms with Gasteiger partial charge in [-0.3, -0.25) is 9.69 Å². The van der Waals surface area contributed by atoms with E-state index in [0.29, 0.717) is 17.2 Å². The van der Waals surface area contributed by atoms with Crippen LogP contribution < -0.4 is 10.6 Å². The third-order valence-electron chi connectivity index (χ3n) is 5.07. The van der Waals surface area contributed by atoms with E-state index in [1.165, 1.54) is 20.0 Å². The molecular weight excluding hydrogens is 350 g/mol. The molecule has 0 heterocycles. The van der Waals surface area contributed by atoms with Gasteiger partial charge in [-0.15, -0.1) is 0 Å². The van der Waals surface area contributed by atoms with Crippen LogP contribution in [0.1, 0.15) is 36.0 Å². The molecule has 0 atom stereocenters. The van der Waals surface area contributed by atoms with Crippen LogP contribution >= 0.6 is 0 Å². The largest absolute Gasteiger partial charge is 0.480 e. The molecule has 0 unspecified atom stereocenters. The molecule has 1 aromatic rings. The summed E-state index contributed by atoms with van der Waals surface area (Å²) in [6.45, 7) is 0.870. The van der Waals surface area contributed by atoms with E-state index in [0.717, 1.165) is 19.4 Å². The predicted octanol–water partition coefficient (Wildman–Crippen LogP) is 1.92. The van der Waals surface area contributed by atoms with Gasteiger partial charge in [-0.1, -0.05) is 12.1 Å². The Labute approximate surface area is 157 Å². The minimum atomic E-state index is -0.816. The topological polar surface area (TPSA) is 108 Å². The maximum absolute atomic E-state index is 12.2. The fourth-order valence-corrected chi connectivity index (χ4v) is 3.38. The van der Waals surface area contributed by atoms with Crippen LogP contribution in [0.15, 0.2) is 24.3 Å². The lowest BCUT2D eigenvalue weighted by atomic mass is 9.85. The maximum atomic E-state index is 12.2. The molecule has 2 aliphatic carbocycles. The highest BCUT2D eigenvalue weighted by Gasteiger charge is 2.37. The van der Waals surface area contributed by atoms with Gasteiger partial charge in [-0.05, 0) is 43.7 Å². The van der Waals surface area contributed by atoms with Gasteiger partial charge in [-0.25, -0.2) is 9.59 Å². The molecule has 0 spiro atoms. The van der Waals surface area contributed by atoms with Crippen LogP contribution in [0, 0.1) is 5.92 Å². The molecule has 27 heavy (non-hydrogen) atoms. The number of urea groups is 1. The lowest BCUT2D eigenvalue weighted by Gasteiger charge is -2.42. The smallest absolute Gasteiger partial charge is 0.339 e. The van der Waals surface area contributed by atoms with Crippen LogP contribution in [0.3, 0.4) is 0 Å². The molecule has 2 saturated carbocycles. The first-order chi connectivity index (χ1) is 13.0. The van der Waals surface area contributed by atoms with E-state index in [1.54, 1.807) is 24.3 Å². The summed E-state index contributed by atoms with van der Waals surface area (Å²) in [5, 5.41) is 14.7. The van der Waals surface area contributed by atoms with Crippen LogP contribution in [0.25, 0.3) is 0 Å². The molecule has 0 saturated heterocycles. The molecule has 1 aromatic carbocycles. The Morgan fingerprint density at radius 3 is 2.56 bits per heavy atom. The van der Waals surface area contributed by atoms with Gasteiger partial charge in [0.05, 0.1) is 24.9 Å². The average molecular weight is 375 g/mol. The Morgan fingerprint density at radius 2 is 1.93 bits per heavy atom. The number of methoxy groups -OCH3 is 1. The lowest BCUT2D eigenvalue weighted by molar-refractivity contribution is -0.139. The number of carbonyl (C=O) groups is 3. The molecule has 3 N–H and O–H groups in total. The Morgan fingerprint density at radius 1 is 1.22 bits per heavy atom. The fraction of sp³-hybridized carbons (Fsp3) is 0.526. The Hall–Kier alpha value is -2.61. The summed E-state index contributed by atoms with van der Waals surface area (Å²) in [5.41, 5.74) is 0.678. The molecular formula is C19H25N3O5. The van der Waals surface area contributed by atoms with Crippen LogP contribution in [0.2, 0.25) is 0 Å². The van der Waals surface area contributed by atoms with Crippen molar-refractivity contribution in [2.45, 2.75) is 37.8 Å². The molecule has 0 aliphatic heterocycles. The Bertz CT molecular complexity index is 713. The van der Waals surface area contributed by atoms with Crippen molar-refractivity contribution in [2.75, 3.05) is 25.5 Å². The quantitative estimate of drug-likeness (QED) is 0.599. The number of hydrogen-bond donors (Lipinski definition) is 3. The van der Waals surface area contributed by atoms with Gasteiger partial charge in [0.2, 0.25) is 0 Å². The van der Waals surface area contributed by atoms with Crippen molar-refractivity contribution in [3.8, 4) is 0 Å². The van der Waals surface area contributed by atoms with Gasteiger partial charge in [0.25, 0.3) is 0 Å². The van der Waals surface area contributed by atoms with Gasteiger partial charge in [-0.2, -0.15) is 0 Å². The number of anilines is 1. The third kappa shape index (κ3) is 5.19. The van der Waals surface area contributed by atoms with E-state index in [1.807, 2.05) is 4.90 Å². The number of benzene rings is 1. The van der Waals surface area contributed by atoms with Crippen molar-refractivity contribution in [1.29, 1.82) is 0 Å². The van der Waals surface area contributed by atoms with Crippen molar-refractivity contribution in [1.82, 2.24) is 10.2 Å². The molecule has 3 rings (SSSR count). The molecule has 0 radical (unpaired) electrons. The summed E-state index contributed by atoms with van der Waals surface area (Å²) in [6, 6.07) is 6.44. The zero-order chi connectivity index (χ0) is 19.4. The van der Waals surface area contributed by atoms with Crippen LogP contribution in [0.5, 0.6) is 0 Å². The molecule has 0 aromatic heterocycles. The monoisotopic (exact) mass is 375 g/mol. The minimum absolute atomic E-state index is 0.00390. The average Bonchev–Trinajstić information content (AvgIpc) is 3.40. The molecule has 2 amide bonds. The highest BCUT2D eigenvalue weighted by molar-refractivity contribution is 6.00. The number of ether oxygens (including phenoxy) is 1. The van der Waals surface area contributed by atoms with Crippen LogP contribution in [-0.2, 0) is 9.53 Å². The lowest BCUT2D eigenvalue weighted by Crippen LogP contribution is -2.55. The first-order valence-corrected chi connectivity index (χ1v) is 9.17. The summed E-state index contributed by atoms with van der Waals surface area (Å²) in [6.07, 6.45) is 3.80. The van der Waals surface area contributed by atoms with Gasteiger partial charge < -0.3 is 20.5 Å². The second-order valence-electron chi connectivity index (χ2n) is 7.22. The van der Waals surface area contributed by atoms with E-state index in [9.17, 15) is 14.4 Å². The van der Waals surface area contributed by atoms with E-state index in [4.69, 9.17) is 9.84 Å². The second-order valence-corrected chi connectivity index (χ2v) is 7.22. The number of amides is 2. The number of carboxylic acids is 1. The number of nitrogens with one attached hydrogen (secondary N) is 2. The van der Waals surface area contributed by atoms with Gasteiger partial charge in [0, 0.05) is 18.6 Å². The van der Waals surface area contributed by atoms with Crippen molar-refractivity contribution in [3.05, 3.63) is 29.8 Å². The SMILES string of the molecule is COC(=O)c1ccccc1NC(=O)NC1CC(N(CC(=O)O)CC2CC2)C1. The number of aliphatic carboxylic acids is 1. The standard InChI is InChI=1S/C19H25N3O5/c1-27-18(25)15-4-2-3-5-16(15)21-19(26)20-13-8-14(9-13)22(11-17(23)24)10-12-6-7-12/h2-5,12-14H,6-11H2,1H3,(H,23,24)(H2,20,21,26). The number of esters is 1. The minimum Gasteiger partial charge on any atom is -0.480 e. The molecule has 2 aliphatic rings. The first kappa shape index (κ1) is 19.2. The molecule has 2 fully saturated rings. The number of carbonyl (C=O) groups excluding carboxylic acids is 2. The Balaban J connectivity index is 1.49. The summed E-state index contributed by atoms with van der Waals surface area (Å²) < 4.78 is 4.72. The first-order valence-electron chi connectivity index (χ1n) is 9.17. The summed E-state index contributed by atoms with van der Waals surface area (Å²) in [7, 11) is 1.29. The number of carboxylic acid groups (broad SMARTS) is 1. The van der Waals surface area contributed by atoms with Crippen molar-refractivity contribution < 1.29 is 24.2 Å². The highest BCUT2D eigenvalue weighted by Crippen LogP contribution is 2.33. The van der Waals surface area contributed by atoms with Crippen molar-refractivity contribution in [3.63, 3.8) is 0 Å². The summed E-state index contributed by atoms with van der Waals surface area (Å²) >= 11 is 0. The van der Waals surface area contributed by atoms with Crippen LogP contribution in [0.4, 0.5) is 10.5 Å². The zero-order valence-electron chi connectivity index (χ0n) is 15.3. The number of para-hydroxylation sites is 1. The van der Waals surface area contributed by atoms with Gasteiger partial charge >= 0.3 is 18.0 Å². The van der Waals surface area contributed by atoms with Crippen molar-refractivity contribution >= 4 is 23.7 Å².